The van der Waals surface area contributed by atoms with E-state index in [-0.39, 0.29) is 30.2 Å². The van der Waals surface area contributed by atoms with Gasteiger partial charge in [-0.25, -0.2) is 4.79 Å². The number of hydrogen-bond acceptors (Lipinski definition) is 6. The average molecular weight is 798 g/mol. The topological polar surface area (TPSA) is 154 Å². The fourth-order valence-corrected chi connectivity index (χ4v) is 6.06. The molecule has 0 aromatic rings. The third-order valence-electron chi connectivity index (χ3n) is 8.14. The zero-order chi connectivity index (χ0) is 43.8. The molecule has 4 N–H and O–H groups in total. The van der Waals surface area contributed by atoms with Gasteiger partial charge in [0.05, 0.1) is 6.04 Å². The van der Waals surface area contributed by atoms with Gasteiger partial charge in [0.2, 0.25) is 17.6 Å². The highest BCUT2D eigenvalue weighted by molar-refractivity contribution is 7.86. The van der Waals surface area contributed by atoms with Gasteiger partial charge in [-0.2, -0.15) is 0 Å². The lowest BCUT2D eigenvalue weighted by atomic mass is 9.85. The number of ketones is 1. The van der Waals surface area contributed by atoms with Crippen LogP contribution in [-0.2, 0) is 30.0 Å². The number of nitrogens with zero attached hydrogens (tertiary/aromatic N) is 1. The lowest BCUT2D eigenvalue weighted by molar-refractivity contribution is -0.143. The molecule has 12 heteroatoms. The van der Waals surface area contributed by atoms with Gasteiger partial charge in [-0.3, -0.25) is 23.4 Å². The molecule has 11 nitrogen and oxygen atoms in total. The van der Waals surface area contributed by atoms with Gasteiger partial charge < -0.3 is 26.2 Å². The van der Waals surface area contributed by atoms with Crippen molar-refractivity contribution in [2.24, 2.45) is 5.41 Å². The van der Waals surface area contributed by atoms with E-state index < -0.39 is 63.9 Å². The molecule has 1 aliphatic rings. The SMILES string of the molecule is C#CCCC(NC(=O)C1CCCN1C(=O)C(NC(=O)NC(CCCC)CCS(=O)C(C)(C)C)C(C)(C)C)C(=O)C(=O)NCC=C.CC.CC.CC.CCCC. The molecule has 0 radical (unpaired) electrons. The highest BCUT2D eigenvalue weighted by atomic mass is 32.2. The van der Waals surface area contributed by atoms with Crippen molar-refractivity contribution in [3.63, 3.8) is 0 Å². The van der Waals surface area contributed by atoms with E-state index in [4.69, 9.17) is 6.42 Å². The maximum Gasteiger partial charge on any atom is 0.315 e. The Balaban J connectivity index is -0.00000118. The van der Waals surface area contributed by atoms with Crippen LogP contribution in [0.3, 0.4) is 0 Å². The zero-order valence-corrected chi connectivity index (χ0v) is 38.5. The number of unbranched alkanes of at least 4 members (excludes halogenated alkanes) is 2. The number of urea groups is 1. The zero-order valence-electron chi connectivity index (χ0n) is 37.7. The fourth-order valence-electron chi connectivity index (χ4n) is 4.95. The number of rotatable bonds is 18. The third-order valence-corrected chi connectivity index (χ3v) is 10.1. The van der Waals surface area contributed by atoms with Crippen molar-refractivity contribution < 1.29 is 28.2 Å². The first-order valence-electron chi connectivity index (χ1n) is 20.8. The first-order chi connectivity index (χ1) is 25.9. The maximum absolute atomic E-state index is 13.9. The van der Waals surface area contributed by atoms with E-state index in [2.05, 4.69) is 54.5 Å². The third kappa shape index (κ3) is 25.6. The van der Waals surface area contributed by atoms with Crippen LogP contribution in [0.5, 0.6) is 0 Å². The summed E-state index contributed by atoms with van der Waals surface area (Å²) >= 11 is 0. The summed E-state index contributed by atoms with van der Waals surface area (Å²) in [6.45, 7) is 33.6. The number of likely N-dealkylation sites (tertiary alicyclic amines) is 1. The summed E-state index contributed by atoms with van der Waals surface area (Å²) in [4.78, 5) is 67.2. The predicted octanol–water partition coefficient (Wildman–Crippen LogP) is 7.84. The number of nitrogens with one attached hydrogen (secondary N) is 4. The molecular formula is C43H83N5O6S. The van der Waals surface area contributed by atoms with Gasteiger partial charge in [-0.15, -0.1) is 18.9 Å². The van der Waals surface area contributed by atoms with E-state index >= 15 is 0 Å². The largest absolute Gasteiger partial charge is 0.346 e. The molecule has 55 heavy (non-hydrogen) atoms. The van der Waals surface area contributed by atoms with E-state index in [9.17, 15) is 28.2 Å². The minimum atomic E-state index is -1.15. The molecule has 0 spiro atoms. The monoisotopic (exact) mass is 798 g/mol. The molecule has 0 aromatic heterocycles. The number of carbonyl (C=O) groups is 5. The molecule has 5 atom stereocenters. The van der Waals surface area contributed by atoms with Gasteiger partial charge >= 0.3 is 6.03 Å². The summed E-state index contributed by atoms with van der Waals surface area (Å²) in [7, 11) is -1.06. The Kier molecular flexibility index (Phi) is 36.3. The Morgan fingerprint density at radius 1 is 0.873 bits per heavy atom. The van der Waals surface area contributed by atoms with E-state index in [0.29, 0.717) is 31.6 Å². The van der Waals surface area contributed by atoms with Crippen LogP contribution in [0.25, 0.3) is 0 Å². The lowest BCUT2D eigenvalue weighted by Crippen LogP contribution is -2.60. The van der Waals surface area contributed by atoms with Crippen molar-refractivity contribution in [3.8, 4) is 12.3 Å². The molecule has 5 unspecified atom stereocenters. The molecule has 1 heterocycles. The second-order valence-corrected chi connectivity index (χ2v) is 16.9. The molecular weight excluding hydrogens is 715 g/mol. The van der Waals surface area contributed by atoms with Crippen LogP contribution in [0.1, 0.15) is 168 Å². The number of carbonyl (C=O) groups excluding carboxylic acids is 5. The van der Waals surface area contributed by atoms with Crippen LogP contribution in [0.15, 0.2) is 12.7 Å². The Labute approximate surface area is 340 Å². The van der Waals surface area contributed by atoms with Crippen LogP contribution in [0.4, 0.5) is 4.79 Å². The van der Waals surface area contributed by atoms with Gasteiger partial charge in [0.1, 0.15) is 12.1 Å². The summed E-state index contributed by atoms with van der Waals surface area (Å²) < 4.78 is 12.3. The summed E-state index contributed by atoms with van der Waals surface area (Å²) in [5.74, 6) is 0.212. The quantitative estimate of drug-likeness (QED) is 0.0630. The predicted molar refractivity (Wildman–Crippen MR) is 233 cm³/mol. The number of terminal acetylenes is 1. The van der Waals surface area contributed by atoms with E-state index in [1.54, 1.807) is 0 Å². The number of hydrogen-bond donors (Lipinski definition) is 4. The first-order valence-corrected chi connectivity index (χ1v) is 22.1. The molecule has 1 fully saturated rings. The fraction of sp³-hybridized carbons (Fsp3) is 0.791. The van der Waals surface area contributed by atoms with Crippen molar-refractivity contribution in [3.05, 3.63) is 12.7 Å². The average Bonchev–Trinajstić information content (AvgIpc) is 3.67. The Morgan fingerprint density at radius 2 is 1.44 bits per heavy atom. The summed E-state index contributed by atoms with van der Waals surface area (Å²) in [6.07, 6.45) is 13.7. The molecule has 5 amide bonds. The summed E-state index contributed by atoms with van der Waals surface area (Å²) in [5.41, 5.74) is -0.695. The van der Waals surface area contributed by atoms with Gasteiger partial charge in [0.25, 0.3) is 5.91 Å². The Hall–Kier alpha value is -3.20. The highest BCUT2D eigenvalue weighted by Gasteiger charge is 2.43. The smallest absolute Gasteiger partial charge is 0.315 e. The lowest BCUT2D eigenvalue weighted by Gasteiger charge is -2.36. The van der Waals surface area contributed by atoms with Crippen molar-refractivity contribution in [2.75, 3.05) is 18.8 Å². The second-order valence-electron chi connectivity index (χ2n) is 14.6. The second kappa shape index (κ2) is 34.1. The van der Waals surface area contributed by atoms with Crippen LogP contribution >= 0.6 is 0 Å². The Morgan fingerprint density at radius 3 is 1.89 bits per heavy atom. The molecule has 0 saturated carbocycles. The van der Waals surface area contributed by atoms with Crippen molar-refractivity contribution >= 4 is 40.3 Å². The standard InChI is InChI=1S/C33H55N5O6S.C4H10.3C2H6/c1-10-13-16-23(19-22-45(44)33(7,8)9)35-31(43)37-27(32(4,5)6)30(42)38-21-15-18-25(38)28(40)36-24(17-14-11-2)26(39)29(41)34-20-12-3;1-3-4-2;3*1-2/h2,12,23-25,27H,3,10,13-22H2,1,4-9H3,(H,34,41)(H,36,40)(H2,35,37,43);3-4H2,1-2H3;3*1-2H3. The van der Waals surface area contributed by atoms with Crippen LogP contribution in [0, 0.1) is 17.8 Å². The van der Waals surface area contributed by atoms with Gasteiger partial charge in [-0.1, -0.05) is 115 Å². The summed E-state index contributed by atoms with van der Waals surface area (Å²) in [5, 5.41) is 10.9. The first kappa shape index (κ1) is 58.5. The maximum atomic E-state index is 13.9. The molecule has 322 valence electrons. The molecule has 0 bridgehead atoms. The van der Waals surface area contributed by atoms with Crippen molar-refractivity contribution in [2.45, 2.75) is 197 Å². The number of Topliss-reactive ketones (excluding diaryl/α,β-unsaturated/α-hetero) is 1. The Bertz CT molecular complexity index is 1150. The van der Waals surface area contributed by atoms with E-state index in [0.717, 1.165) is 19.3 Å². The van der Waals surface area contributed by atoms with Gasteiger partial charge in [0, 0.05) is 46.9 Å². The van der Waals surface area contributed by atoms with Crippen molar-refractivity contribution in [1.29, 1.82) is 0 Å². The van der Waals surface area contributed by atoms with Gasteiger partial charge in [-0.05, 0) is 58.3 Å². The molecule has 0 aliphatic carbocycles. The highest BCUT2D eigenvalue weighted by Crippen LogP contribution is 2.26. The van der Waals surface area contributed by atoms with Crippen LogP contribution in [-0.4, -0.2) is 86.4 Å². The van der Waals surface area contributed by atoms with Gasteiger partial charge in [0.15, 0.2) is 0 Å². The molecule has 1 aliphatic heterocycles. The van der Waals surface area contributed by atoms with Crippen LogP contribution < -0.4 is 21.3 Å². The molecule has 1 saturated heterocycles. The molecule has 1 rings (SSSR count). The normalized spacial score (nSPS) is 15.3. The molecule has 0 aromatic carbocycles. The minimum Gasteiger partial charge on any atom is -0.346 e. The van der Waals surface area contributed by atoms with E-state index in [1.807, 2.05) is 83.1 Å². The van der Waals surface area contributed by atoms with Crippen LogP contribution in [0.2, 0.25) is 0 Å². The van der Waals surface area contributed by atoms with Crippen molar-refractivity contribution in [1.82, 2.24) is 26.2 Å². The number of amides is 5. The summed E-state index contributed by atoms with van der Waals surface area (Å²) in [6, 6.07) is -3.69. The van der Waals surface area contributed by atoms with E-state index in [1.165, 1.54) is 23.8 Å². The minimum absolute atomic E-state index is 0.0676.